The Morgan fingerprint density at radius 3 is 1.38 bits per heavy atom. The van der Waals surface area contributed by atoms with Crippen LogP contribution in [-0.2, 0) is 15.9 Å². The Labute approximate surface area is 228 Å². The minimum absolute atomic E-state index is 0.343. The summed E-state index contributed by atoms with van der Waals surface area (Å²) in [6.07, 6.45) is 6.62. The second kappa shape index (κ2) is 19.7. The van der Waals surface area contributed by atoms with Crippen LogP contribution in [0.25, 0.3) is 20.9 Å². The van der Waals surface area contributed by atoms with Crippen molar-refractivity contribution in [3.8, 4) is 0 Å². The van der Waals surface area contributed by atoms with Crippen LogP contribution in [0.15, 0.2) is 58.8 Å². The summed E-state index contributed by atoms with van der Waals surface area (Å²) >= 11 is 0. The van der Waals surface area contributed by atoms with E-state index >= 15 is 0 Å². The van der Waals surface area contributed by atoms with Gasteiger partial charge in [0, 0.05) is 34.3 Å². The third-order valence-electron chi connectivity index (χ3n) is 5.71. The topological polar surface area (TPSA) is 174 Å². The molecule has 0 spiro atoms. The number of nitrogens with one attached hydrogen (secondary N) is 2. The zero-order chi connectivity index (χ0) is 28.0. The molecule has 0 saturated heterocycles. The van der Waals surface area contributed by atoms with E-state index in [1.807, 2.05) is 48.5 Å². The Balaban J connectivity index is 1.62. The molecule has 0 aromatic heterocycles. The summed E-state index contributed by atoms with van der Waals surface area (Å²) in [5, 5.41) is 12.4. The standard InChI is InChI=1S/C27H36N8O4/c28-34-30-17-5-1-3-7-19-38-26(36)32-24-13-9-22(10-14-24)21-23-11-15-25(16-12-23)33-27(37)39-20-8-4-2-6-18-31-35-29/h9-16H,1-8,17-21H2,(H,32,36)(H,33,37). The first kappa shape index (κ1) is 30.8. The number of amides is 2. The summed E-state index contributed by atoms with van der Waals surface area (Å²) in [6, 6.07) is 15.1. The average Bonchev–Trinajstić information content (AvgIpc) is 2.94. The van der Waals surface area contributed by atoms with Crippen LogP contribution >= 0.6 is 0 Å². The SMILES string of the molecule is [N-]=[N+]=NCCCCCCOC(=O)Nc1ccc(Cc2ccc(NC(=O)OCCCCCCN=[N+]=[N-])cc2)cc1. The highest BCUT2D eigenvalue weighted by molar-refractivity contribution is 5.85. The molecule has 208 valence electrons. The van der Waals surface area contributed by atoms with Crippen molar-refractivity contribution in [1.82, 2.24) is 0 Å². The molecule has 0 atom stereocenters. The Kier molecular flexibility index (Phi) is 15.6. The summed E-state index contributed by atoms with van der Waals surface area (Å²) in [4.78, 5) is 29.3. The fourth-order valence-corrected chi connectivity index (χ4v) is 3.65. The molecule has 0 radical (unpaired) electrons. The van der Waals surface area contributed by atoms with Gasteiger partial charge in [0.05, 0.1) is 13.2 Å². The van der Waals surface area contributed by atoms with E-state index in [2.05, 4.69) is 30.7 Å². The number of carbonyl (C=O) groups excluding carboxylic acids is 2. The smallest absolute Gasteiger partial charge is 0.411 e. The lowest BCUT2D eigenvalue weighted by Gasteiger charge is -2.09. The van der Waals surface area contributed by atoms with Crippen molar-refractivity contribution in [2.24, 2.45) is 10.2 Å². The number of nitrogens with zero attached hydrogens (tertiary/aromatic N) is 6. The van der Waals surface area contributed by atoms with Crippen molar-refractivity contribution in [3.63, 3.8) is 0 Å². The van der Waals surface area contributed by atoms with Crippen molar-refractivity contribution in [2.45, 2.75) is 57.8 Å². The lowest BCUT2D eigenvalue weighted by molar-refractivity contribution is 0.158. The number of anilines is 2. The highest BCUT2D eigenvalue weighted by atomic mass is 16.6. The molecule has 0 bridgehead atoms. The van der Waals surface area contributed by atoms with Gasteiger partial charge in [-0.25, -0.2) is 9.59 Å². The Morgan fingerprint density at radius 2 is 1.00 bits per heavy atom. The average molecular weight is 537 g/mol. The van der Waals surface area contributed by atoms with E-state index in [0.29, 0.717) is 44.1 Å². The van der Waals surface area contributed by atoms with Gasteiger partial charge in [0.15, 0.2) is 0 Å². The van der Waals surface area contributed by atoms with Crippen molar-refractivity contribution < 1.29 is 19.1 Å². The molecule has 2 N–H and O–H groups in total. The number of azide groups is 2. The third-order valence-corrected chi connectivity index (χ3v) is 5.71. The molecule has 2 rings (SSSR count). The molecular formula is C27H36N8O4. The minimum Gasteiger partial charge on any atom is -0.449 e. The highest BCUT2D eigenvalue weighted by Gasteiger charge is 2.06. The van der Waals surface area contributed by atoms with Gasteiger partial charge < -0.3 is 9.47 Å². The second-order valence-corrected chi connectivity index (χ2v) is 8.83. The Hall–Kier alpha value is -4.40. The zero-order valence-electron chi connectivity index (χ0n) is 22.1. The van der Waals surface area contributed by atoms with Gasteiger partial charge in [-0.3, -0.25) is 10.6 Å². The molecule has 2 aromatic rings. The number of ether oxygens (including phenoxy) is 2. The molecule has 0 aliphatic carbocycles. The van der Waals surface area contributed by atoms with Crippen molar-refractivity contribution in [3.05, 3.63) is 80.5 Å². The lowest BCUT2D eigenvalue weighted by atomic mass is 10.0. The molecule has 39 heavy (non-hydrogen) atoms. The van der Waals surface area contributed by atoms with Crippen molar-refractivity contribution >= 4 is 23.6 Å². The molecule has 2 amide bonds. The van der Waals surface area contributed by atoms with Gasteiger partial charge in [0.25, 0.3) is 0 Å². The van der Waals surface area contributed by atoms with Crippen LogP contribution in [-0.4, -0.2) is 38.5 Å². The van der Waals surface area contributed by atoms with E-state index < -0.39 is 12.2 Å². The molecule has 12 nitrogen and oxygen atoms in total. The largest absolute Gasteiger partial charge is 0.449 e. The number of hydrogen-bond acceptors (Lipinski definition) is 6. The van der Waals surface area contributed by atoms with Crippen LogP contribution in [0.2, 0.25) is 0 Å². The quantitative estimate of drug-likeness (QED) is 0.0847. The monoisotopic (exact) mass is 536 g/mol. The maximum atomic E-state index is 12.0. The van der Waals surface area contributed by atoms with Gasteiger partial charge in [-0.15, -0.1) is 0 Å². The van der Waals surface area contributed by atoms with Gasteiger partial charge in [-0.1, -0.05) is 60.2 Å². The lowest BCUT2D eigenvalue weighted by Crippen LogP contribution is -2.14. The summed E-state index contributed by atoms with van der Waals surface area (Å²) in [5.74, 6) is 0. The van der Waals surface area contributed by atoms with Crippen molar-refractivity contribution in [2.75, 3.05) is 36.9 Å². The number of rotatable bonds is 18. The molecule has 0 aliphatic rings. The predicted octanol–water partition coefficient (Wildman–Crippen LogP) is 8.12. The third kappa shape index (κ3) is 14.8. The first-order valence-electron chi connectivity index (χ1n) is 13.2. The maximum absolute atomic E-state index is 12.0. The fourth-order valence-electron chi connectivity index (χ4n) is 3.65. The molecular weight excluding hydrogens is 500 g/mol. The summed E-state index contributed by atoms with van der Waals surface area (Å²) in [6.45, 7) is 1.68. The Morgan fingerprint density at radius 1 is 0.615 bits per heavy atom. The van der Waals surface area contributed by atoms with Crippen LogP contribution in [0.3, 0.4) is 0 Å². The van der Waals surface area contributed by atoms with E-state index in [9.17, 15) is 9.59 Å². The molecule has 0 aliphatic heterocycles. The number of hydrogen-bond donors (Lipinski definition) is 2. The second-order valence-electron chi connectivity index (χ2n) is 8.83. The highest BCUT2D eigenvalue weighted by Crippen LogP contribution is 2.16. The first-order chi connectivity index (χ1) is 19.1. The predicted molar refractivity (Wildman–Crippen MR) is 151 cm³/mol. The number of unbranched alkanes of at least 4 members (excludes halogenated alkanes) is 6. The molecule has 0 heterocycles. The first-order valence-corrected chi connectivity index (χ1v) is 13.2. The summed E-state index contributed by atoms with van der Waals surface area (Å²) in [5.41, 5.74) is 19.9. The minimum atomic E-state index is -0.485. The summed E-state index contributed by atoms with van der Waals surface area (Å²) < 4.78 is 10.4. The zero-order valence-corrected chi connectivity index (χ0v) is 22.1. The molecule has 0 saturated carbocycles. The van der Waals surface area contributed by atoms with Gasteiger partial charge in [0.1, 0.15) is 0 Å². The van der Waals surface area contributed by atoms with Gasteiger partial charge >= 0.3 is 12.2 Å². The summed E-state index contributed by atoms with van der Waals surface area (Å²) in [7, 11) is 0. The van der Waals surface area contributed by atoms with Crippen LogP contribution in [0.4, 0.5) is 21.0 Å². The van der Waals surface area contributed by atoms with Crippen LogP contribution in [0.5, 0.6) is 0 Å². The molecule has 0 unspecified atom stereocenters. The van der Waals surface area contributed by atoms with Gasteiger partial charge in [0.2, 0.25) is 0 Å². The molecule has 12 heteroatoms. The fraction of sp³-hybridized carbons (Fsp3) is 0.481. The normalized spacial score (nSPS) is 10.1. The van der Waals surface area contributed by atoms with E-state index in [0.717, 1.165) is 62.5 Å². The van der Waals surface area contributed by atoms with E-state index in [1.54, 1.807) is 0 Å². The number of carbonyl (C=O) groups is 2. The van der Waals surface area contributed by atoms with Crippen LogP contribution in [0.1, 0.15) is 62.5 Å². The van der Waals surface area contributed by atoms with Crippen molar-refractivity contribution in [1.29, 1.82) is 0 Å². The molecule has 2 aromatic carbocycles. The number of benzene rings is 2. The van der Waals surface area contributed by atoms with E-state index in [4.69, 9.17) is 20.5 Å². The van der Waals surface area contributed by atoms with Gasteiger partial charge in [-0.2, -0.15) is 0 Å². The maximum Gasteiger partial charge on any atom is 0.411 e. The van der Waals surface area contributed by atoms with Crippen LogP contribution in [0, 0.1) is 0 Å². The van der Waals surface area contributed by atoms with Gasteiger partial charge in [-0.05, 0) is 78.6 Å². The Bertz CT molecular complexity index is 1010. The van der Waals surface area contributed by atoms with E-state index in [-0.39, 0.29) is 0 Å². The molecule has 0 fully saturated rings. The van der Waals surface area contributed by atoms with Crippen LogP contribution < -0.4 is 10.6 Å². The van der Waals surface area contributed by atoms with E-state index in [1.165, 1.54) is 0 Å².